The van der Waals surface area contributed by atoms with Crippen molar-refractivity contribution in [3.05, 3.63) is 90.6 Å². The van der Waals surface area contributed by atoms with Crippen LogP contribution in [0.3, 0.4) is 0 Å². The lowest BCUT2D eigenvalue weighted by atomic mass is 9.99. The molecule has 0 radical (unpaired) electrons. The number of thiophene rings is 1. The van der Waals surface area contributed by atoms with Gasteiger partial charge in [-0.25, -0.2) is 0 Å². The Morgan fingerprint density at radius 2 is 1.80 bits per heavy atom. The van der Waals surface area contributed by atoms with Crippen LogP contribution in [-0.4, -0.2) is 16.8 Å². The maximum atomic E-state index is 13.1. The first kappa shape index (κ1) is 20.9. The van der Waals surface area contributed by atoms with Gasteiger partial charge in [0.2, 0.25) is 0 Å². The van der Waals surface area contributed by atoms with Crippen molar-refractivity contribution in [3.8, 4) is 0 Å². The van der Waals surface area contributed by atoms with Gasteiger partial charge in [0.25, 0.3) is 11.7 Å². The molecule has 4 nitrogen and oxygen atoms in total. The molecule has 1 saturated heterocycles. The van der Waals surface area contributed by atoms with Crippen LogP contribution >= 0.6 is 46.1 Å². The largest absolute Gasteiger partial charge is 0.507 e. The van der Waals surface area contributed by atoms with Crippen LogP contribution in [0, 0.1) is 6.92 Å². The van der Waals surface area contributed by atoms with Gasteiger partial charge < -0.3 is 5.11 Å². The number of rotatable bonds is 3. The summed E-state index contributed by atoms with van der Waals surface area (Å²) in [6, 6.07) is 12.5. The zero-order valence-electron chi connectivity index (χ0n) is 15.5. The third-order valence-corrected chi connectivity index (χ3v) is 6.78. The van der Waals surface area contributed by atoms with Gasteiger partial charge in [-0.05, 0) is 54.3 Å². The summed E-state index contributed by atoms with van der Waals surface area (Å²) in [6.45, 7) is 1.83. The van der Waals surface area contributed by atoms with Crippen LogP contribution < -0.4 is 4.90 Å². The van der Waals surface area contributed by atoms with E-state index in [9.17, 15) is 14.7 Å². The third kappa shape index (κ3) is 3.52. The predicted molar refractivity (Wildman–Crippen MR) is 122 cm³/mol. The molecule has 2 heterocycles. The van der Waals surface area contributed by atoms with E-state index < -0.39 is 17.7 Å². The highest BCUT2D eigenvalue weighted by Gasteiger charge is 2.47. The minimum absolute atomic E-state index is 0.0137. The van der Waals surface area contributed by atoms with E-state index >= 15 is 0 Å². The van der Waals surface area contributed by atoms with Crippen LogP contribution in [0.2, 0.25) is 15.1 Å². The molecule has 1 unspecified atom stereocenters. The summed E-state index contributed by atoms with van der Waals surface area (Å²) in [5.74, 6) is -1.83. The Bertz CT molecular complexity index is 1200. The summed E-state index contributed by atoms with van der Waals surface area (Å²) in [6.07, 6.45) is 0. The smallest absolute Gasteiger partial charge is 0.300 e. The standard InChI is InChI=1S/C22H14Cl3NO3S/c1-11-4-6-13(23)10-16(11)26-19(17-3-2-8-30-17)18(21(28)22(26)29)20(27)12-5-7-14(24)15(25)9-12/h2-10,19,27H,1H3/b20-18-. The number of halogens is 3. The number of hydrogen-bond donors (Lipinski definition) is 1. The summed E-state index contributed by atoms with van der Waals surface area (Å²) in [5.41, 5.74) is 1.57. The highest BCUT2D eigenvalue weighted by molar-refractivity contribution is 7.10. The van der Waals surface area contributed by atoms with Gasteiger partial charge in [0.15, 0.2) is 0 Å². The van der Waals surface area contributed by atoms with Crippen molar-refractivity contribution in [2.75, 3.05) is 4.90 Å². The summed E-state index contributed by atoms with van der Waals surface area (Å²) in [4.78, 5) is 28.3. The molecule has 3 aromatic rings. The Morgan fingerprint density at radius 1 is 1.03 bits per heavy atom. The Hall–Kier alpha value is -2.31. The third-order valence-electron chi connectivity index (χ3n) is 4.88. The molecule has 0 spiro atoms. The summed E-state index contributed by atoms with van der Waals surface area (Å²) in [5, 5.41) is 13.9. The normalized spacial score (nSPS) is 18.3. The van der Waals surface area contributed by atoms with Crippen molar-refractivity contribution in [1.29, 1.82) is 0 Å². The lowest BCUT2D eigenvalue weighted by molar-refractivity contribution is -0.132. The molecule has 1 fully saturated rings. The number of benzene rings is 2. The maximum absolute atomic E-state index is 13.1. The van der Waals surface area contributed by atoms with E-state index in [0.29, 0.717) is 21.3 Å². The van der Waals surface area contributed by atoms with Crippen LogP contribution in [0.5, 0.6) is 0 Å². The number of ketones is 1. The summed E-state index contributed by atoms with van der Waals surface area (Å²) >= 11 is 19.6. The van der Waals surface area contributed by atoms with Gasteiger partial charge in [0.05, 0.1) is 15.6 Å². The molecular weight excluding hydrogens is 465 g/mol. The molecule has 1 aliphatic heterocycles. The Morgan fingerprint density at radius 3 is 2.47 bits per heavy atom. The van der Waals surface area contributed by atoms with Gasteiger partial charge in [-0.3, -0.25) is 14.5 Å². The molecule has 30 heavy (non-hydrogen) atoms. The molecule has 1 N–H and O–H groups in total. The van der Waals surface area contributed by atoms with Gasteiger partial charge in [-0.1, -0.05) is 46.9 Å². The minimum Gasteiger partial charge on any atom is -0.507 e. The topological polar surface area (TPSA) is 57.6 Å². The van der Waals surface area contributed by atoms with E-state index in [1.54, 1.807) is 24.3 Å². The molecule has 1 aromatic heterocycles. The van der Waals surface area contributed by atoms with E-state index in [2.05, 4.69) is 0 Å². The minimum atomic E-state index is -0.795. The molecule has 2 aromatic carbocycles. The average molecular weight is 479 g/mol. The summed E-state index contributed by atoms with van der Waals surface area (Å²) in [7, 11) is 0. The number of carbonyl (C=O) groups is 2. The van der Waals surface area contributed by atoms with E-state index in [0.717, 1.165) is 10.4 Å². The number of amides is 1. The molecule has 152 valence electrons. The molecule has 4 rings (SSSR count). The maximum Gasteiger partial charge on any atom is 0.300 e. The number of aliphatic hydroxyl groups is 1. The lowest BCUT2D eigenvalue weighted by Gasteiger charge is -2.25. The fourth-order valence-corrected chi connectivity index (χ4v) is 4.73. The van der Waals surface area contributed by atoms with Crippen LogP contribution in [0.1, 0.15) is 22.0 Å². The molecular formula is C22H14Cl3NO3S. The SMILES string of the molecule is Cc1ccc(Cl)cc1N1C(=O)C(=O)/C(=C(\O)c2ccc(Cl)c(Cl)c2)C1c1cccs1. The Labute approximate surface area is 191 Å². The monoisotopic (exact) mass is 477 g/mol. The first-order valence-corrected chi connectivity index (χ1v) is 10.9. The van der Waals surface area contributed by atoms with E-state index in [1.807, 2.05) is 24.4 Å². The molecule has 1 aliphatic rings. The average Bonchev–Trinajstić information content (AvgIpc) is 3.33. The van der Waals surface area contributed by atoms with E-state index in [-0.39, 0.29) is 16.4 Å². The Balaban J connectivity index is 1.96. The van der Waals surface area contributed by atoms with Gasteiger partial charge in [-0.2, -0.15) is 0 Å². The van der Waals surface area contributed by atoms with Crippen molar-refractivity contribution in [2.24, 2.45) is 0 Å². The number of aryl methyl sites for hydroxylation is 1. The van der Waals surface area contributed by atoms with E-state index in [4.69, 9.17) is 34.8 Å². The molecule has 0 aliphatic carbocycles. The highest BCUT2D eigenvalue weighted by atomic mass is 35.5. The zero-order valence-corrected chi connectivity index (χ0v) is 18.6. The van der Waals surface area contributed by atoms with Crippen molar-refractivity contribution >= 4 is 69.3 Å². The van der Waals surface area contributed by atoms with Gasteiger partial charge in [0, 0.05) is 21.2 Å². The highest BCUT2D eigenvalue weighted by Crippen LogP contribution is 2.45. The van der Waals surface area contributed by atoms with Crippen LogP contribution in [0.25, 0.3) is 5.76 Å². The van der Waals surface area contributed by atoms with Crippen molar-refractivity contribution in [3.63, 3.8) is 0 Å². The Kier molecular flexibility index (Phi) is 5.64. The van der Waals surface area contributed by atoms with Gasteiger partial charge >= 0.3 is 0 Å². The molecule has 0 saturated carbocycles. The second kappa shape index (κ2) is 8.08. The molecule has 1 amide bonds. The number of Topliss-reactive ketones (excluding diaryl/α,β-unsaturated/α-hetero) is 1. The van der Waals surface area contributed by atoms with Crippen LogP contribution in [-0.2, 0) is 9.59 Å². The molecule has 0 bridgehead atoms. The first-order chi connectivity index (χ1) is 14.3. The summed E-state index contributed by atoms with van der Waals surface area (Å²) < 4.78 is 0. The van der Waals surface area contributed by atoms with E-state index in [1.165, 1.54) is 28.4 Å². The first-order valence-electron chi connectivity index (χ1n) is 8.85. The van der Waals surface area contributed by atoms with Crippen LogP contribution in [0.15, 0.2) is 59.5 Å². The fourth-order valence-electron chi connectivity index (χ4n) is 3.44. The van der Waals surface area contributed by atoms with Crippen molar-refractivity contribution < 1.29 is 14.7 Å². The van der Waals surface area contributed by atoms with Gasteiger partial charge in [0.1, 0.15) is 11.8 Å². The lowest BCUT2D eigenvalue weighted by Crippen LogP contribution is -2.29. The fraction of sp³-hybridized carbons (Fsp3) is 0.0909. The quantitative estimate of drug-likeness (QED) is 0.261. The second-order valence-electron chi connectivity index (χ2n) is 6.74. The number of carbonyl (C=O) groups excluding carboxylic acids is 2. The predicted octanol–water partition coefficient (Wildman–Crippen LogP) is 6.64. The van der Waals surface area contributed by atoms with Crippen molar-refractivity contribution in [2.45, 2.75) is 13.0 Å². The number of nitrogens with zero attached hydrogens (tertiary/aromatic N) is 1. The molecule has 8 heteroatoms. The number of aliphatic hydroxyl groups excluding tert-OH is 1. The number of hydrogen-bond acceptors (Lipinski definition) is 4. The zero-order chi connectivity index (χ0) is 21.6. The second-order valence-corrected chi connectivity index (χ2v) is 8.97. The van der Waals surface area contributed by atoms with Crippen molar-refractivity contribution in [1.82, 2.24) is 0 Å². The van der Waals surface area contributed by atoms with Gasteiger partial charge in [-0.15, -0.1) is 11.3 Å². The van der Waals surface area contributed by atoms with Crippen LogP contribution in [0.4, 0.5) is 5.69 Å². The molecule has 1 atom stereocenters. The number of anilines is 1.